The molecule has 19 heavy (non-hydrogen) atoms. The molecule has 0 bridgehead atoms. The van der Waals surface area contributed by atoms with E-state index in [1.54, 1.807) is 6.92 Å². The summed E-state index contributed by atoms with van der Waals surface area (Å²) in [7, 11) is 0. The topological polar surface area (TPSA) is 46.2 Å². The minimum absolute atomic E-state index is 0.0300. The smallest absolute Gasteiger partial charge is 0.236 e. The number of Topliss-reactive ketones (excluding diaryl/α,β-unsaturated/α-hetero) is 1. The molecule has 0 unspecified atom stereocenters. The van der Waals surface area contributed by atoms with Crippen LogP contribution in [0.15, 0.2) is 35.9 Å². The zero-order valence-electron chi connectivity index (χ0n) is 11.2. The van der Waals surface area contributed by atoms with Gasteiger partial charge in [0.05, 0.1) is 5.41 Å². The fourth-order valence-corrected chi connectivity index (χ4v) is 3.43. The number of fused-ring (bicyclic) bond motifs is 2. The second-order valence-corrected chi connectivity index (χ2v) is 5.59. The van der Waals surface area contributed by atoms with Crippen molar-refractivity contribution in [3.8, 4) is 0 Å². The maximum atomic E-state index is 12.5. The van der Waals surface area contributed by atoms with Gasteiger partial charge in [0.1, 0.15) is 5.78 Å². The molecule has 1 spiro atoms. The highest BCUT2D eigenvalue weighted by Gasteiger charge is 2.54. The van der Waals surface area contributed by atoms with Gasteiger partial charge in [-0.2, -0.15) is 0 Å². The van der Waals surface area contributed by atoms with Gasteiger partial charge in [0.2, 0.25) is 5.91 Å². The molecule has 0 saturated carbocycles. The van der Waals surface area contributed by atoms with Crippen LogP contribution in [0.2, 0.25) is 0 Å². The molecule has 1 aromatic rings. The summed E-state index contributed by atoms with van der Waals surface area (Å²) in [5.41, 5.74) is 2.33. The summed E-state index contributed by atoms with van der Waals surface area (Å²) < 4.78 is 0. The molecule has 3 rings (SSSR count). The Morgan fingerprint density at radius 1 is 1.37 bits per heavy atom. The van der Waals surface area contributed by atoms with Crippen molar-refractivity contribution in [1.29, 1.82) is 0 Å². The number of anilines is 1. The Bertz CT molecular complexity index is 603. The lowest BCUT2D eigenvalue weighted by molar-refractivity contribution is -0.131. The average Bonchev–Trinajstić information content (AvgIpc) is 2.66. The predicted octanol–water partition coefficient (Wildman–Crippen LogP) is 2.82. The van der Waals surface area contributed by atoms with E-state index in [1.807, 2.05) is 31.2 Å². The van der Waals surface area contributed by atoms with Crippen LogP contribution in [0, 0.1) is 5.92 Å². The third-order valence-corrected chi connectivity index (χ3v) is 4.45. The summed E-state index contributed by atoms with van der Waals surface area (Å²) >= 11 is 0. The standard InChI is InChI=1S/C16H17NO2/c1-10-7-8-16(13(9-10)11(2)18)12-5-3-4-6-14(12)17-15(16)19/h3-7,13H,8-9H2,1-2H3,(H,17,19)/t13-,16-/m1/s1. The Kier molecular flexibility index (Phi) is 2.59. The number of rotatable bonds is 1. The number of hydrogen-bond acceptors (Lipinski definition) is 2. The first-order valence-electron chi connectivity index (χ1n) is 6.63. The van der Waals surface area contributed by atoms with Crippen LogP contribution >= 0.6 is 0 Å². The monoisotopic (exact) mass is 255 g/mol. The summed E-state index contributed by atoms with van der Waals surface area (Å²) in [6, 6.07) is 7.72. The van der Waals surface area contributed by atoms with Crippen LogP contribution < -0.4 is 5.32 Å². The van der Waals surface area contributed by atoms with Crippen LogP contribution in [0.3, 0.4) is 0 Å². The predicted molar refractivity (Wildman–Crippen MR) is 73.9 cm³/mol. The molecular formula is C16H17NO2. The number of ketones is 1. The Morgan fingerprint density at radius 3 is 2.84 bits per heavy atom. The lowest BCUT2D eigenvalue weighted by Gasteiger charge is -2.37. The number of carbonyl (C=O) groups excluding carboxylic acids is 2. The van der Waals surface area contributed by atoms with Gasteiger partial charge < -0.3 is 5.32 Å². The van der Waals surface area contributed by atoms with E-state index < -0.39 is 5.41 Å². The molecule has 1 N–H and O–H groups in total. The second-order valence-electron chi connectivity index (χ2n) is 5.59. The fraction of sp³-hybridized carbons (Fsp3) is 0.375. The number of benzene rings is 1. The fourth-order valence-electron chi connectivity index (χ4n) is 3.43. The highest BCUT2D eigenvalue weighted by Crippen LogP contribution is 2.50. The van der Waals surface area contributed by atoms with E-state index in [9.17, 15) is 9.59 Å². The Labute approximate surface area is 112 Å². The Balaban J connectivity index is 2.21. The van der Waals surface area contributed by atoms with Crippen molar-refractivity contribution in [1.82, 2.24) is 0 Å². The van der Waals surface area contributed by atoms with Crippen LogP contribution in [0.1, 0.15) is 32.3 Å². The minimum atomic E-state index is -0.693. The van der Waals surface area contributed by atoms with E-state index >= 15 is 0 Å². The molecule has 1 amide bonds. The highest BCUT2D eigenvalue weighted by molar-refractivity contribution is 6.09. The largest absolute Gasteiger partial charge is 0.325 e. The number of nitrogens with one attached hydrogen (secondary N) is 1. The van der Waals surface area contributed by atoms with Gasteiger partial charge in [-0.15, -0.1) is 0 Å². The number of carbonyl (C=O) groups is 2. The molecule has 1 aliphatic heterocycles. The van der Waals surface area contributed by atoms with Crippen molar-refractivity contribution in [3.63, 3.8) is 0 Å². The highest BCUT2D eigenvalue weighted by atomic mass is 16.2. The summed E-state index contributed by atoms with van der Waals surface area (Å²) in [5.74, 6) is -0.182. The van der Waals surface area contributed by atoms with Gasteiger partial charge in [0, 0.05) is 11.6 Å². The molecule has 3 heteroatoms. The van der Waals surface area contributed by atoms with Crippen molar-refractivity contribution >= 4 is 17.4 Å². The van der Waals surface area contributed by atoms with Crippen molar-refractivity contribution in [2.45, 2.75) is 32.1 Å². The van der Waals surface area contributed by atoms with Crippen LogP contribution in [0.4, 0.5) is 5.69 Å². The maximum absolute atomic E-state index is 12.5. The number of amides is 1. The molecule has 2 atom stereocenters. The molecule has 1 heterocycles. The first-order chi connectivity index (χ1) is 9.05. The summed E-state index contributed by atoms with van der Waals surface area (Å²) in [4.78, 5) is 24.6. The molecular weight excluding hydrogens is 238 g/mol. The molecule has 1 aliphatic carbocycles. The number of allylic oxidation sites excluding steroid dienone is 2. The number of para-hydroxylation sites is 1. The normalized spacial score (nSPS) is 28.8. The van der Waals surface area contributed by atoms with E-state index in [4.69, 9.17) is 0 Å². The zero-order valence-corrected chi connectivity index (χ0v) is 11.2. The Morgan fingerprint density at radius 2 is 2.11 bits per heavy atom. The van der Waals surface area contributed by atoms with Crippen LogP contribution in [-0.4, -0.2) is 11.7 Å². The molecule has 0 aromatic heterocycles. The van der Waals surface area contributed by atoms with Crippen molar-refractivity contribution in [3.05, 3.63) is 41.5 Å². The Hall–Kier alpha value is -1.90. The SMILES string of the molecule is CC(=O)[C@H]1CC(C)=CC[C@]12C(=O)Nc1ccccc12. The number of hydrogen-bond donors (Lipinski definition) is 1. The second kappa shape index (κ2) is 4.05. The lowest BCUT2D eigenvalue weighted by Crippen LogP contribution is -2.46. The van der Waals surface area contributed by atoms with E-state index in [2.05, 4.69) is 11.4 Å². The van der Waals surface area contributed by atoms with Gasteiger partial charge >= 0.3 is 0 Å². The molecule has 0 saturated heterocycles. The van der Waals surface area contributed by atoms with Crippen molar-refractivity contribution in [2.24, 2.45) is 5.92 Å². The minimum Gasteiger partial charge on any atom is -0.325 e. The third kappa shape index (κ3) is 1.57. The van der Waals surface area contributed by atoms with Gasteiger partial charge in [-0.1, -0.05) is 29.8 Å². The summed E-state index contributed by atoms with van der Waals surface area (Å²) in [6.07, 6.45) is 3.39. The summed E-state index contributed by atoms with van der Waals surface area (Å²) in [5, 5.41) is 2.94. The zero-order chi connectivity index (χ0) is 13.6. The van der Waals surface area contributed by atoms with Crippen molar-refractivity contribution < 1.29 is 9.59 Å². The van der Waals surface area contributed by atoms with Crippen molar-refractivity contribution in [2.75, 3.05) is 5.32 Å². The molecule has 0 fully saturated rings. The van der Waals surface area contributed by atoms with Crippen LogP contribution in [0.25, 0.3) is 0 Å². The average molecular weight is 255 g/mol. The molecule has 0 radical (unpaired) electrons. The third-order valence-electron chi connectivity index (χ3n) is 4.45. The first-order valence-corrected chi connectivity index (χ1v) is 6.63. The van der Waals surface area contributed by atoms with Crippen LogP contribution in [0.5, 0.6) is 0 Å². The molecule has 98 valence electrons. The lowest BCUT2D eigenvalue weighted by atomic mass is 9.62. The first kappa shape index (κ1) is 12.2. The maximum Gasteiger partial charge on any atom is 0.236 e. The van der Waals surface area contributed by atoms with Gasteiger partial charge in [-0.25, -0.2) is 0 Å². The van der Waals surface area contributed by atoms with E-state index in [0.717, 1.165) is 11.3 Å². The van der Waals surface area contributed by atoms with Gasteiger partial charge in [0.25, 0.3) is 0 Å². The molecule has 2 aliphatic rings. The molecule has 1 aromatic carbocycles. The van der Waals surface area contributed by atoms with Gasteiger partial charge in [0.15, 0.2) is 0 Å². The van der Waals surface area contributed by atoms with Gasteiger partial charge in [-0.3, -0.25) is 9.59 Å². The summed E-state index contributed by atoms with van der Waals surface area (Å²) in [6.45, 7) is 3.63. The van der Waals surface area contributed by atoms with E-state index in [-0.39, 0.29) is 17.6 Å². The van der Waals surface area contributed by atoms with Crippen LogP contribution in [-0.2, 0) is 15.0 Å². The van der Waals surface area contributed by atoms with Gasteiger partial charge in [-0.05, 0) is 38.3 Å². The van der Waals surface area contributed by atoms with E-state index in [0.29, 0.717) is 12.8 Å². The molecule has 3 nitrogen and oxygen atoms in total. The quantitative estimate of drug-likeness (QED) is 0.784. The van der Waals surface area contributed by atoms with E-state index in [1.165, 1.54) is 5.57 Å².